The smallest absolute Gasteiger partial charge is 0.0541 e. The summed E-state index contributed by atoms with van der Waals surface area (Å²) in [5.41, 5.74) is 16.4. The van der Waals surface area contributed by atoms with Crippen molar-refractivity contribution in [1.29, 1.82) is 0 Å². The maximum Gasteiger partial charge on any atom is 0.0541 e. The molecule has 0 fully saturated rings. The molecule has 0 unspecified atom stereocenters. The average molecular weight is 765 g/mol. The van der Waals surface area contributed by atoms with Crippen molar-refractivity contribution in [1.82, 2.24) is 4.57 Å². The van der Waals surface area contributed by atoms with Gasteiger partial charge in [0.15, 0.2) is 0 Å². The fraction of sp³-hybridized carbons (Fsp3) is 0. The highest BCUT2D eigenvalue weighted by molar-refractivity contribution is 6.09. The number of benzene rings is 10. The normalized spacial score (nSPS) is 11.3. The summed E-state index contributed by atoms with van der Waals surface area (Å²) in [5.74, 6) is 0. The van der Waals surface area contributed by atoms with E-state index in [0.717, 1.165) is 28.3 Å². The second-order valence-corrected chi connectivity index (χ2v) is 15.3. The Balaban J connectivity index is 1.08. The summed E-state index contributed by atoms with van der Waals surface area (Å²) in [6, 6.07) is 87.9. The van der Waals surface area contributed by atoms with Gasteiger partial charge in [-0.2, -0.15) is 0 Å². The highest BCUT2D eigenvalue weighted by Gasteiger charge is 2.20. The molecule has 11 rings (SSSR count). The van der Waals surface area contributed by atoms with E-state index in [9.17, 15) is 0 Å². The maximum atomic E-state index is 2.39. The van der Waals surface area contributed by atoms with Crippen LogP contribution >= 0.6 is 0 Å². The molecule has 0 aliphatic carbocycles. The van der Waals surface area contributed by atoms with Crippen molar-refractivity contribution in [2.45, 2.75) is 0 Å². The van der Waals surface area contributed by atoms with Crippen molar-refractivity contribution in [2.75, 3.05) is 4.90 Å². The first-order valence-electron chi connectivity index (χ1n) is 20.6. The number of rotatable bonds is 8. The van der Waals surface area contributed by atoms with Crippen molar-refractivity contribution < 1.29 is 0 Å². The van der Waals surface area contributed by atoms with Crippen molar-refractivity contribution in [3.8, 4) is 50.2 Å². The van der Waals surface area contributed by atoms with Crippen LogP contribution in [0.5, 0.6) is 0 Å². The van der Waals surface area contributed by atoms with E-state index >= 15 is 0 Å². The lowest BCUT2D eigenvalue weighted by molar-refractivity contribution is 1.17. The fourth-order valence-electron chi connectivity index (χ4n) is 9.04. The van der Waals surface area contributed by atoms with Crippen LogP contribution in [-0.2, 0) is 0 Å². The number of para-hydroxylation sites is 2. The lowest BCUT2D eigenvalue weighted by Gasteiger charge is -2.27. The molecule has 0 aliphatic rings. The first-order valence-corrected chi connectivity index (χ1v) is 20.6. The monoisotopic (exact) mass is 764 g/mol. The van der Waals surface area contributed by atoms with Crippen LogP contribution in [0.3, 0.4) is 0 Å². The molecule has 0 N–H and O–H groups in total. The van der Waals surface area contributed by atoms with Gasteiger partial charge in [0.05, 0.1) is 11.0 Å². The highest BCUT2D eigenvalue weighted by Crippen LogP contribution is 2.45. The predicted octanol–water partition coefficient (Wildman–Crippen LogP) is 16.1. The van der Waals surface area contributed by atoms with Crippen LogP contribution in [0, 0.1) is 0 Å². The van der Waals surface area contributed by atoms with Crippen LogP contribution in [-0.4, -0.2) is 4.57 Å². The zero-order valence-corrected chi connectivity index (χ0v) is 33.0. The molecule has 0 atom stereocenters. The first-order chi connectivity index (χ1) is 29.8. The largest absolute Gasteiger partial charge is 0.310 e. The third-order valence-corrected chi connectivity index (χ3v) is 11.8. The number of hydrogen-bond donors (Lipinski definition) is 0. The predicted molar refractivity (Wildman–Crippen MR) is 255 cm³/mol. The van der Waals surface area contributed by atoms with Crippen LogP contribution in [0.2, 0.25) is 0 Å². The molecule has 0 aliphatic heterocycles. The Bertz CT molecular complexity index is 3250. The minimum Gasteiger partial charge on any atom is -0.310 e. The number of anilines is 3. The van der Waals surface area contributed by atoms with Crippen molar-refractivity contribution in [3.05, 3.63) is 243 Å². The van der Waals surface area contributed by atoms with E-state index in [-0.39, 0.29) is 0 Å². The van der Waals surface area contributed by atoms with Gasteiger partial charge in [-0.1, -0.05) is 188 Å². The van der Waals surface area contributed by atoms with Crippen LogP contribution < -0.4 is 4.90 Å². The van der Waals surface area contributed by atoms with Gasteiger partial charge in [-0.25, -0.2) is 0 Å². The van der Waals surface area contributed by atoms with Gasteiger partial charge in [0, 0.05) is 33.5 Å². The Kier molecular flexibility index (Phi) is 8.87. The fourth-order valence-corrected chi connectivity index (χ4v) is 9.04. The highest BCUT2D eigenvalue weighted by atomic mass is 15.1. The molecular weight excluding hydrogens is 725 g/mol. The van der Waals surface area contributed by atoms with E-state index in [4.69, 9.17) is 0 Å². The second-order valence-electron chi connectivity index (χ2n) is 15.3. The SMILES string of the molecule is c1ccc(-c2ccccc2-c2c(-c3ccccc3)cccc2-c2ccc(N(c3cccc(-n4c5ccccc5c5ccccc54)c3)c3ccc4ccccc4c3)cc2)cc1. The van der Waals surface area contributed by atoms with Crippen LogP contribution in [0.4, 0.5) is 17.1 Å². The van der Waals surface area contributed by atoms with Crippen molar-refractivity contribution in [2.24, 2.45) is 0 Å². The minimum atomic E-state index is 1.08. The van der Waals surface area contributed by atoms with E-state index in [1.807, 2.05) is 0 Å². The molecule has 11 aromatic rings. The molecule has 0 amide bonds. The molecular formula is C58H40N2. The zero-order chi connectivity index (χ0) is 39.8. The Morgan fingerprint density at radius 2 is 0.767 bits per heavy atom. The summed E-state index contributed by atoms with van der Waals surface area (Å²) in [7, 11) is 0. The van der Waals surface area contributed by atoms with Crippen molar-refractivity contribution in [3.63, 3.8) is 0 Å². The number of fused-ring (bicyclic) bond motifs is 4. The summed E-state index contributed by atoms with van der Waals surface area (Å²) in [6.07, 6.45) is 0. The molecule has 0 radical (unpaired) electrons. The zero-order valence-electron chi connectivity index (χ0n) is 33.0. The third-order valence-electron chi connectivity index (χ3n) is 11.8. The molecule has 60 heavy (non-hydrogen) atoms. The summed E-state index contributed by atoms with van der Waals surface area (Å²) in [5, 5.41) is 4.93. The number of aromatic nitrogens is 1. The summed E-state index contributed by atoms with van der Waals surface area (Å²) in [6.45, 7) is 0. The summed E-state index contributed by atoms with van der Waals surface area (Å²) in [4.78, 5) is 2.39. The Hall–Kier alpha value is -7.94. The van der Waals surface area contributed by atoms with Crippen LogP contribution in [0.1, 0.15) is 0 Å². The molecule has 0 saturated heterocycles. The van der Waals surface area contributed by atoms with Crippen molar-refractivity contribution >= 4 is 49.6 Å². The lowest BCUT2D eigenvalue weighted by Crippen LogP contribution is -2.10. The summed E-state index contributed by atoms with van der Waals surface area (Å²) < 4.78 is 2.39. The van der Waals surface area contributed by atoms with E-state index < -0.39 is 0 Å². The quantitative estimate of drug-likeness (QED) is 0.150. The molecule has 0 spiro atoms. The van der Waals surface area contributed by atoms with Gasteiger partial charge in [0.25, 0.3) is 0 Å². The van der Waals surface area contributed by atoms with Crippen LogP contribution in [0.15, 0.2) is 243 Å². The van der Waals surface area contributed by atoms with E-state index in [0.29, 0.717) is 0 Å². The minimum absolute atomic E-state index is 1.08. The van der Waals surface area contributed by atoms with Gasteiger partial charge in [-0.05, 0) is 110 Å². The number of nitrogens with zero attached hydrogens (tertiary/aromatic N) is 2. The second kappa shape index (κ2) is 15.1. The number of hydrogen-bond acceptors (Lipinski definition) is 1. The van der Waals surface area contributed by atoms with Gasteiger partial charge in [0.1, 0.15) is 0 Å². The molecule has 2 heteroatoms. The molecule has 0 bridgehead atoms. The van der Waals surface area contributed by atoms with Gasteiger partial charge in [0.2, 0.25) is 0 Å². The Morgan fingerprint density at radius 3 is 1.45 bits per heavy atom. The topological polar surface area (TPSA) is 8.17 Å². The average Bonchev–Trinajstić information content (AvgIpc) is 3.67. The molecule has 0 saturated carbocycles. The Morgan fingerprint density at radius 1 is 0.283 bits per heavy atom. The molecule has 10 aromatic carbocycles. The van der Waals surface area contributed by atoms with Gasteiger partial charge >= 0.3 is 0 Å². The third kappa shape index (κ3) is 6.23. The maximum absolute atomic E-state index is 2.39. The first kappa shape index (κ1) is 35.2. The Labute approximate surface area is 350 Å². The molecule has 1 heterocycles. The van der Waals surface area contributed by atoms with Gasteiger partial charge < -0.3 is 9.47 Å². The van der Waals surface area contributed by atoms with Crippen LogP contribution in [0.25, 0.3) is 82.8 Å². The molecule has 2 nitrogen and oxygen atoms in total. The van der Waals surface area contributed by atoms with E-state index in [2.05, 4.69) is 252 Å². The standard InChI is InChI=1S/C58H40N2/c1-3-18-42(19-4-1)50-25-9-10-28-55(50)58-51(43-20-5-2-6-21-43)29-16-30-52(58)44-34-36-46(37-35-44)59(49-38-33-41-17-7-8-22-45(41)39-49)47-23-15-24-48(40-47)60-56-31-13-11-26-53(56)54-27-12-14-32-57(54)60/h1-40H. The van der Waals surface area contributed by atoms with E-state index in [1.54, 1.807) is 0 Å². The molecule has 282 valence electrons. The van der Waals surface area contributed by atoms with E-state index in [1.165, 1.54) is 71.5 Å². The van der Waals surface area contributed by atoms with Gasteiger partial charge in [-0.3, -0.25) is 0 Å². The summed E-state index contributed by atoms with van der Waals surface area (Å²) >= 11 is 0. The molecule has 1 aromatic heterocycles. The van der Waals surface area contributed by atoms with Gasteiger partial charge in [-0.15, -0.1) is 0 Å². The lowest BCUT2D eigenvalue weighted by atomic mass is 9.84.